The summed E-state index contributed by atoms with van der Waals surface area (Å²) >= 11 is 0. The zero-order valence-corrected chi connectivity index (χ0v) is 11.6. The van der Waals surface area contributed by atoms with Crippen molar-refractivity contribution in [3.8, 4) is 0 Å². The molecule has 0 aliphatic carbocycles. The van der Waals surface area contributed by atoms with Crippen LogP contribution in [-0.2, 0) is 11.2 Å². The van der Waals surface area contributed by atoms with Crippen LogP contribution >= 0.6 is 0 Å². The molecule has 0 bridgehead atoms. The molecule has 0 saturated carbocycles. The lowest BCUT2D eigenvalue weighted by molar-refractivity contribution is -0.136. The summed E-state index contributed by atoms with van der Waals surface area (Å²) in [6, 6.07) is 8.12. The van der Waals surface area contributed by atoms with E-state index in [9.17, 15) is 4.79 Å². The Morgan fingerprint density at radius 3 is 2.74 bits per heavy atom. The molecule has 2 aromatic rings. The molecule has 19 heavy (non-hydrogen) atoms. The van der Waals surface area contributed by atoms with Crippen molar-refractivity contribution < 1.29 is 9.90 Å². The summed E-state index contributed by atoms with van der Waals surface area (Å²) in [6.45, 7) is 6.25. The summed E-state index contributed by atoms with van der Waals surface area (Å²) in [4.78, 5) is 15.5. The molecule has 100 valence electrons. The predicted molar refractivity (Wildman–Crippen MR) is 76.5 cm³/mol. The molecule has 1 heterocycles. The van der Waals surface area contributed by atoms with Gasteiger partial charge in [-0.1, -0.05) is 32.0 Å². The second-order valence-electron chi connectivity index (χ2n) is 5.23. The first kappa shape index (κ1) is 13.5. The van der Waals surface area contributed by atoms with E-state index in [2.05, 4.69) is 19.9 Å². The van der Waals surface area contributed by atoms with Gasteiger partial charge in [0.1, 0.15) is 0 Å². The van der Waals surface area contributed by atoms with E-state index in [-0.39, 0.29) is 6.42 Å². The number of para-hydroxylation sites is 1. The number of hydrogen-bond acceptors (Lipinski definition) is 2. The van der Waals surface area contributed by atoms with E-state index in [0.29, 0.717) is 12.3 Å². The van der Waals surface area contributed by atoms with Gasteiger partial charge in [-0.15, -0.1) is 0 Å². The SMILES string of the molecule is Cc1cccc2c(CCC(=O)O)cc(C(C)C)nc12. The van der Waals surface area contributed by atoms with Gasteiger partial charge >= 0.3 is 5.97 Å². The number of carboxylic acids is 1. The Kier molecular flexibility index (Phi) is 3.84. The molecule has 0 saturated heterocycles. The van der Waals surface area contributed by atoms with Crippen LogP contribution in [0, 0.1) is 6.92 Å². The van der Waals surface area contributed by atoms with Crippen molar-refractivity contribution in [2.75, 3.05) is 0 Å². The number of hydrogen-bond donors (Lipinski definition) is 1. The van der Waals surface area contributed by atoms with Crippen LogP contribution in [0.5, 0.6) is 0 Å². The van der Waals surface area contributed by atoms with Crippen molar-refractivity contribution in [3.63, 3.8) is 0 Å². The Morgan fingerprint density at radius 2 is 2.11 bits per heavy atom. The number of pyridine rings is 1. The molecule has 0 spiro atoms. The molecule has 0 fully saturated rings. The minimum atomic E-state index is -0.760. The molecular formula is C16H19NO2. The Hall–Kier alpha value is -1.90. The third-order valence-corrected chi connectivity index (χ3v) is 3.35. The molecule has 1 aromatic heterocycles. The van der Waals surface area contributed by atoms with Gasteiger partial charge in [-0.2, -0.15) is 0 Å². The van der Waals surface area contributed by atoms with E-state index in [1.807, 2.05) is 25.1 Å². The summed E-state index contributed by atoms with van der Waals surface area (Å²) in [5.41, 5.74) is 4.24. The number of aryl methyl sites for hydroxylation is 2. The van der Waals surface area contributed by atoms with Gasteiger partial charge in [-0.25, -0.2) is 0 Å². The van der Waals surface area contributed by atoms with Gasteiger partial charge in [-0.3, -0.25) is 9.78 Å². The molecule has 0 aliphatic heterocycles. The highest BCUT2D eigenvalue weighted by molar-refractivity contribution is 5.85. The maximum Gasteiger partial charge on any atom is 0.303 e. The summed E-state index contributed by atoms with van der Waals surface area (Å²) in [5, 5.41) is 9.94. The molecular weight excluding hydrogens is 238 g/mol. The molecule has 3 nitrogen and oxygen atoms in total. The van der Waals surface area contributed by atoms with E-state index >= 15 is 0 Å². The van der Waals surface area contributed by atoms with Crippen molar-refractivity contribution in [1.29, 1.82) is 0 Å². The Labute approximate surface area is 113 Å². The van der Waals surface area contributed by atoms with E-state index in [1.165, 1.54) is 0 Å². The zero-order chi connectivity index (χ0) is 14.0. The summed E-state index contributed by atoms with van der Waals surface area (Å²) < 4.78 is 0. The van der Waals surface area contributed by atoms with Gasteiger partial charge in [0.15, 0.2) is 0 Å². The van der Waals surface area contributed by atoms with Crippen molar-refractivity contribution in [2.45, 2.75) is 39.5 Å². The van der Waals surface area contributed by atoms with Gasteiger partial charge in [0.2, 0.25) is 0 Å². The summed E-state index contributed by atoms with van der Waals surface area (Å²) in [6.07, 6.45) is 0.710. The van der Waals surface area contributed by atoms with Crippen LogP contribution < -0.4 is 0 Å². The lowest BCUT2D eigenvalue weighted by Crippen LogP contribution is -2.02. The molecule has 3 heteroatoms. The first-order valence-corrected chi connectivity index (χ1v) is 6.60. The second kappa shape index (κ2) is 5.39. The number of benzene rings is 1. The quantitative estimate of drug-likeness (QED) is 0.908. The predicted octanol–water partition coefficient (Wildman–Crippen LogP) is 3.68. The van der Waals surface area contributed by atoms with E-state index < -0.39 is 5.97 Å². The van der Waals surface area contributed by atoms with Crippen molar-refractivity contribution in [2.24, 2.45) is 0 Å². The third-order valence-electron chi connectivity index (χ3n) is 3.35. The normalized spacial score (nSPS) is 11.2. The molecule has 0 aliphatic rings. The second-order valence-corrected chi connectivity index (χ2v) is 5.23. The Balaban J connectivity index is 2.58. The van der Waals surface area contributed by atoms with Gasteiger partial charge < -0.3 is 5.11 Å². The Bertz CT molecular complexity index is 617. The molecule has 0 radical (unpaired) electrons. The average Bonchev–Trinajstić information content (AvgIpc) is 2.36. The standard InChI is InChI=1S/C16H19NO2/c1-10(2)14-9-12(7-8-15(18)19)13-6-4-5-11(3)16(13)17-14/h4-6,9-10H,7-8H2,1-3H3,(H,18,19). The Morgan fingerprint density at radius 1 is 1.37 bits per heavy atom. The number of aliphatic carboxylic acids is 1. The summed E-state index contributed by atoms with van der Waals surface area (Å²) in [5.74, 6) is -0.420. The fourth-order valence-corrected chi connectivity index (χ4v) is 2.23. The summed E-state index contributed by atoms with van der Waals surface area (Å²) in [7, 11) is 0. The molecule has 0 atom stereocenters. The van der Waals surface area contributed by atoms with Crippen LogP contribution in [0.1, 0.15) is 43.0 Å². The van der Waals surface area contributed by atoms with Crippen molar-refractivity contribution in [1.82, 2.24) is 4.98 Å². The van der Waals surface area contributed by atoms with Gasteiger partial charge in [-0.05, 0) is 36.5 Å². The highest BCUT2D eigenvalue weighted by Crippen LogP contribution is 2.25. The maximum atomic E-state index is 10.8. The smallest absolute Gasteiger partial charge is 0.303 e. The van der Waals surface area contributed by atoms with Crippen LogP contribution in [0.4, 0.5) is 0 Å². The molecule has 2 rings (SSSR count). The minimum absolute atomic E-state index is 0.157. The number of aromatic nitrogens is 1. The van der Waals surface area contributed by atoms with Crippen LogP contribution in [0.25, 0.3) is 10.9 Å². The fraction of sp³-hybridized carbons (Fsp3) is 0.375. The van der Waals surface area contributed by atoms with E-state index in [0.717, 1.165) is 27.7 Å². The molecule has 1 N–H and O–H groups in total. The van der Waals surface area contributed by atoms with Gasteiger partial charge in [0, 0.05) is 17.5 Å². The number of rotatable bonds is 4. The van der Waals surface area contributed by atoms with Crippen LogP contribution in [0.2, 0.25) is 0 Å². The van der Waals surface area contributed by atoms with E-state index in [4.69, 9.17) is 10.1 Å². The fourth-order valence-electron chi connectivity index (χ4n) is 2.23. The third kappa shape index (κ3) is 2.92. The minimum Gasteiger partial charge on any atom is -0.481 e. The van der Waals surface area contributed by atoms with Crippen LogP contribution in [-0.4, -0.2) is 16.1 Å². The average molecular weight is 257 g/mol. The largest absolute Gasteiger partial charge is 0.481 e. The zero-order valence-electron chi connectivity index (χ0n) is 11.6. The monoisotopic (exact) mass is 257 g/mol. The lowest BCUT2D eigenvalue weighted by atomic mass is 9.98. The molecule has 0 unspecified atom stereocenters. The van der Waals surface area contributed by atoms with Crippen molar-refractivity contribution in [3.05, 3.63) is 41.1 Å². The molecule has 1 aromatic carbocycles. The highest BCUT2D eigenvalue weighted by Gasteiger charge is 2.11. The topological polar surface area (TPSA) is 50.2 Å². The first-order valence-electron chi connectivity index (χ1n) is 6.60. The lowest BCUT2D eigenvalue weighted by Gasteiger charge is -2.12. The van der Waals surface area contributed by atoms with Crippen LogP contribution in [0.3, 0.4) is 0 Å². The van der Waals surface area contributed by atoms with Gasteiger partial charge in [0.25, 0.3) is 0 Å². The highest BCUT2D eigenvalue weighted by atomic mass is 16.4. The number of nitrogens with zero attached hydrogens (tertiary/aromatic N) is 1. The molecule has 0 amide bonds. The van der Waals surface area contributed by atoms with Crippen LogP contribution in [0.15, 0.2) is 24.3 Å². The van der Waals surface area contributed by atoms with Gasteiger partial charge in [0.05, 0.1) is 5.52 Å². The maximum absolute atomic E-state index is 10.8. The van der Waals surface area contributed by atoms with Crippen molar-refractivity contribution >= 4 is 16.9 Å². The number of fused-ring (bicyclic) bond motifs is 1. The first-order chi connectivity index (χ1) is 8.99. The van der Waals surface area contributed by atoms with E-state index in [1.54, 1.807) is 0 Å². The number of carboxylic acid groups (broad SMARTS) is 1. The number of carbonyl (C=O) groups is 1.